The zero-order chi connectivity index (χ0) is 23.3. The molecule has 1 unspecified atom stereocenters. The van der Waals surface area contributed by atoms with Crippen LogP contribution >= 0.6 is 0 Å². The maximum atomic E-state index is 12.5. The molecule has 0 spiro atoms. The van der Waals surface area contributed by atoms with Crippen molar-refractivity contribution in [3.8, 4) is 0 Å². The highest BCUT2D eigenvalue weighted by Crippen LogP contribution is 2.18. The van der Waals surface area contributed by atoms with Crippen LogP contribution in [0.5, 0.6) is 0 Å². The lowest BCUT2D eigenvalue weighted by Crippen LogP contribution is -2.40. The number of benzene rings is 2. The normalized spacial score (nSPS) is 17.1. The molecule has 8 heteroatoms. The molecule has 1 fully saturated rings. The molecular weight excluding hydrogens is 440 g/mol. The Kier molecular flexibility index (Phi) is 7.27. The first-order chi connectivity index (χ1) is 15.9. The van der Waals surface area contributed by atoms with Gasteiger partial charge in [-0.25, -0.2) is 8.42 Å². The van der Waals surface area contributed by atoms with Crippen molar-refractivity contribution in [3.05, 3.63) is 89.4 Å². The van der Waals surface area contributed by atoms with Gasteiger partial charge in [0.25, 0.3) is 5.91 Å². The van der Waals surface area contributed by atoms with E-state index in [0.29, 0.717) is 6.54 Å². The lowest BCUT2D eigenvalue weighted by Gasteiger charge is -2.31. The topological polar surface area (TPSA) is 88.9 Å². The molecule has 1 aliphatic rings. The molecule has 2 heterocycles. The number of ether oxygens (including phenoxy) is 1. The number of rotatable bonds is 8. The van der Waals surface area contributed by atoms with Crippen LogP contribution in [0.25, 0.3) is 0 Å². The number of hydrogen-bond donors (Lipinski definition) is 1. The molecule has 1 N–H and O–H groups in total. The molecule has 0 saturated carbocycles. The fourth-order valence-electron chi connectivity index (χ4n) is 3.88. The Balaban J connectivity index is 1.33. The van der Waals surface area contributed by atoms with Crippen molar-refractivity contribution in [3.63, 3.8) is 0 Å². The van der Waals surface area contributed by atoms with Crippen LogP contribution in [0.3, 0.4) is 0 Å². The predicted molar refractivity (Wildman–Crippen MR) is 124 cm³/mol. The van der Waals surface area contributed by atoms with Gasteiger partial charge >= 0.3 is 0 Å². The van der Waals surface area contributed by atoms with Gasteiger partial charge in [-0.2, -0.15) is 0 Å². The molecule has 1 amide bonds. The number of hydrogen-bond acceptors (Lipinski definition) is 6. The molecule has 0 radical (unpaired) electrons. The van der Waals surface area contributed by atoms with Crippen molar-refractivity contribution in [2.45, 2.75) is 36.8 Å². The van der Waals surface area contributed by atoms with Gasteiger partial charge in [0.15, 0.2) is 15.6 Å². The fourth-order valence-corrected chi connectivity index (χ4v) is 5.14. The second kappa shape index (κ2) is 10.3. The molecule has 4 rings (SSSR count). The third-order valence-electron chi connectivity index (χ3n) is 5.50. The number of carbonyl (C=O) groups excluding carboxylic acids is 1. The molecule has 1 aliphatic heterocycles. The first-order valence-electron chi connectivity index (χ1n) is 11.0. The summed E-state index contributed by atoms with van der Waals surface area (Å²) in [7, 11) is -3.54. The largest absolute Gasteiger partial charge is 0.455 e. The third kappa shape index (κ3) is 6.31. The lowest BCUT2D eigenvalue weighted by molar-refractivity contribution is -0.0212. The number of carbonyl (C=O) groups is 1. The summed E-state index contributed by atoms with van der Waals surface area (Å²) in [4.78, 5) is 15.1. The van der Waals surface area contributed by atoms with Gasteiger partial charge in [0.2, 0.25) is 0 Å². The minimum atomic E-state index is -3.54. The highest BCUT2D eigenvalue weighted by atomic mass is 32.2. The second-order valence-corrected chi connectivity index (χ2v) is 10.2. The van der Waals surface area contributed by atoms with Crippen LogP contribution in [-0.4, -0.2) is 45.0 Å². The number of amides is 1. The molecule has 7 nitrogen and oxygen atoms in total. The molecule has 1 atom stereocenters. The molecular formula is C25H28N2O5S. The van der Waals surface area contributed by atoms with Gasteiger partial charge in [-0.3, -0.25) is 9.69 Å². The first kappa shape index (κ1) is 23.2. The average molecular weight is 469 g/mol. The number of furan rings is 1. The zero-order valence-electron chi connectivity index (χ0n) is 18.6. The third-order valence-corrected chi connectivity index (χ3v) is 7.15. The van der Waals surface area contributed by atoms with Crippen LogP contribution < -0.4 is 5.32 Å². The maximum absolute atomic E-state index is 12.5. The van der Waals surface area contributed by atoms with E-state index in [0.717, 1.165) is 31.8 Å². The predicted octanol–water partition coefficient (Wildman–Crippen LogP) is 3.40. The molecule has 0 bridgehead atoms. The van der Waals surface area contributed by atoms with Crippen molar-refractivity contribution >= 4 is 15.7 Å². The van der Waals surface area contributed by atoms with E-state index in [2.05, 4.69) is 29.3 Å². The summed E-state index contributed by atoms with van der Waals surface area (Å²) in [5.74, 6) is -0.366. The number of nitrogens with zero attached hydrogens (tertiary/aromatic N) is 1. The molecule has 1 saturated heterocycles. The first-order valence-corrected chi connectivity index (χ1v) is 12.6. The summed E-state index contributed by atoms with van der Waals surface area (Å²) >= 11 is 0. The van der Waals surface area contributed by atoms with E-state index in [1.54, 1.807) is 30.3 Å². The van der Waals surface area contributed by atoms with Gasteiger partial charge in [0, 0.05) is 26.2 Å². The van der Waals surface area contributed by atoms with Gasteiger partial charge < -0.3 is 14.5 Å². The highest BCUT2D eigenvalue weighted by molar-refractivity contribution is 7.90. The standard InChI is InChI=1S/C25H28N2O5S/c1-19-16-27(12-13-31-19)17-21-7-5-6-20(14-21)15-26-25(28)24-11-10-22(32-24)18-33(29,30)23-8-3-2-4-9-23/h2-11,14,19H,12-13,15-18H2,1H3,(H,26,28). The molecule has 33 heavy (non-hydrogen) atoms. The van der Waals surface area contributed by atoms with Crippen molar-refractivity contribution in [2.75, 3.05) is 19.7 Å². The molecule has 3 aromatic rings. The number of nitrogens with one attached hydrogen (secondary N) is 1. The van der Waals surface area contributed by atoms with E-state index >= 15 is 0 Å². The number of morpholine rings is 1. The Bertz CT molecular complexity index is 1190. The monoisotopic (exact) mass is 468 g/mol. The van der Waals surface area contributed by atoms with Crippen LogP contribution in [0.1, 0.15) is 34.4 Å². The van der Waals surface area contributed by atoms with Gasteiger partial charge in [0.05, 0.1) is 17.6 Å². The van der Waals surface area contributed by atoms with E-state index < -0.39 is 9.84 Å². The van der Waals surface area contributed by atoms with E-state index in [4.69, 9.17) is 9.15 Å². The molecule has 174 valence electrons. The van der Waals surface area contributed by atoms with Crippen molar-refractivity contribution in [2.24, 2.45) is 0 Å². The van der Waals surface area contributed by atoms with Gasteiger partial charge in [-0.05, 0) is 42.3 Å². The van der Waals surface area contributed by atoms with Crippen molar-refractivity contribution in [1.29, 1.82) is 0 Å². The van der Waals surface area contributed by atoms with E-state index in [-0.39, 0.29) is 34.2 Å². The van der Waals surface area contributed by atoms with Crippen LogP contribution in [0.2, 0.25) is 0 Å². The van der Waals surface area contributed by atoms with Crippen LogP contribution in [0.4, 0.5) is 0 Å². The summed E-state index contributed by atoms with van der Waals surface area (Å²) < 4.78 is 36.1. The highest BCUT2D eigenvalue weighted by Gasteiger charge is 2.19. The summed E-state index contributed by atoms with van der Waals surface area (Å²) in [6, 6.07) is 19.3. The fraction of sp³-hybridized carbons (Fsp3) is 0.320. The van der Waals surface area contributed by atoms with E-state index in [9.17, 15) is 13.2 Å². The average Bonchev–Trinajstić information content (AvgIpc) is 3.26. The van der Waals surface area contributed by atoms with Crippen LogP contribution in [0.15, 0.2) is 76.0 Å². The Morgan fingerprint density at radius 1 is 1.06 bits per heavy atom. The van der Waals surface area contributed by atoms with Gasteiger partial charge in [-0.1, -0.05) is 42.5 Å². The van der Waals surface area contributed by atoms with E-state index in [1.807, 2.05) is 12.1 Å². The van der Waals surface area contributed by atoms with E-state index in [1.165, 1.54) is 17.7 Å². The molecule has 2 aromatic carbocycles. The minimum absolute atomic E-state index is 0.0896. The summed E-state index contributed by atoms with van der Waals surface area (Å²) in [5.41, 5.74) is 2.17. The SMILES string of the molecule is CC1CN(Cc2cccc(CNC(=O)c3ccc(CS(=O)(=O)c4ccccc4)o3)c2)CCO1. The van der Waals surface area contributed by atoms with Crippen molar-refractivity contribution in [1.82, 2.24) is 10.2 Å². The lowest BCUT2D eigenvalue weighted by atomic mass is 10.1. The summed E-state index contributed by atoms with van der Waals surface area (Å²) in [6.45, 7) is 5.83. The summed E-state index contributed by atoms with van der Waals surface area (Å²) in [6.07, 6.45) is 0.238. The number of sulfone groups is 1. The van der Waals surface area contributed by atoms with Crippen LogP contribution in [-0.2, 0) is 33.4 Å². The zero-order valence-corrected chi connectivity index (χ0v) is 19.4. The molecule has 1 aromatic heterocycles. The maximum Gasteiger partial charge on any atom is 0.287 e. The Morgan fingerprint density at radius 3 is 2.64 bits per heavy atom. The quantitative estimate of drug-likeness (QED) is 0.545. The Labute approximate surface area is 194 Å². The molecule has 0 aliphatic carbocycles. The second-order valence-electron chi connectivity index (χ2n) is 8.26. The minimum Gasteiger partial charge on any atom is -0.455 e. The van der Waals surface area contributed by atoms with Gasteiger partial charge in [-0.15, -0.1) is 0 Å². The Morgan fingerprint density at radius 2 is 1.85 bits per heavy atom. The summed E-state index contributed by atoms with van der Waals surface area (Å²) in [5, 5.41) is 2.85. The Hall–Kier alpha value is -2.94. The van der Waals surface area contributed by atoms with Gasteiger partial charge in [0.1, 0.15) is 11.5 Å². The van der Waals surface area contributed by atoms with Crippen molar-refractivity contribution < 1.29 is 22.4 Å². The smallest absolute Gasteiger partial charge is 0.287 e. The van der Waals surface area contributed by atoms with Crippen LogP contribution in [0, 0.1) is 0 Å².